The number of phenols is 4. The average Bonchev–Trinajstić information content (AvgIpc) is 3.13. The van der Waals surface area contributed by atoms with E-state index >= 15 is 0 Å². The summed E-state index contributed by atoms with van der Waals surface area (Å²) < 4.78 is 2.08. The number of fused-ring (bicyclic) bond motifs is 3. The maximum absolute atomic E-state index is 10.4. The number of aliphatic imine (C=N–C) groups is 2. The molecule has 0 radical (unpaired) electrons. The quantitative estimate of drug-likeness (QED) is 0.118. The zero-order valence-electron chi connectivity index (χ0n) is 18.0. The minimum absolute atomic E-state index is 0.243. The lowest BCUT2D eigenvalue weighted by atomic mass is 9.97. The molecular weight excluding hydrogens is 670 g/mol. The maximum atomic E-state index is 10.4. The van der Waals surface area contributed by atoms with Gasteiger partial charge in [-0.3, -0.25) is 9.98 Å². The summed E-state index contributed by atoms with van der Waals surface area (Å²) in [6.45, 7) is 0. The van der Waals surface area contributed by atoms with Gasteiger partial charge in [-0.1, -0.05) is 36.4 Å². The van der Waals surface area contributed by atoms with E-state index in [-0.39, 0.29) is 23.0 Å². The normalized spacial score (nSPS) is 13.9. The molecule has 0 saturated heterocycles. The van der Waals surface area contributed by atoms with Crippen molar-refractivity contribution in [2.24, 2.45) is 9.98 Å². The highest BCUT2D eigenvalue weighted by molar-refractivity contribution is 14.1. The first-order valence-corrected chi connectivity index (χ1v) is 12.7. The molecule has 4 N–H and O–H groups in total. The molecule has 5 rings (SSSR count). The van der Waals surface area contributed by atoms with Gasteiger partial charge in [-0.2, -0.15) is 0 Å². The van der Waals surface area contributed by atoms with Crippen LogP contribution in [0.3, 0.4) is 0 Å². The van der Waals surface area contributed by atoms with Crippen molar-refractivity contribution < 1.29 is 20.4 Å². The highest BCUT2D eigenvalue weighted by Gasteiger charge is 2.44. The molecule has 0 heterocycles. The lowest BCUT2D eigenvalue weighted by molar-refractivity contribution is 0.403. The van der Waals surface area contributed by atoms with Gasteiger partial charge in [-0.25, -0.2) is 0 Å². The average molecular weight is 688 g/mol. The Labute approximate surface area is 228 Å². The monoisotopic (exact) mass is 688 g/mol. The van der Waals surface area contributed by atoms with Gasteiger partial charge in [-0.05, 0) is 81.6 Å². The fourth-order valence-corrected chi connectivity index (χ4v) is 5.76. The molecule has 0 fully saturated rings. The molecule has 4 aromatic carbocycles. The van der Waals surface area contributed by atoms with Crippen molar-refractivity contribution in [1.82, 2.24) is 0 Å². The highest BCUT2D eigenvalue weighted by Crippen LogP contribution is 2.53. The van der Waals surface area contributed by atoms with Gasteiger partial charge in [0.15, 0.2) is 23.0 Å². The van der Waals surface area contributed by atoms with Crippen LogP contribution in [-0.4, -0.2) is 32.9 Å². The molecule has 0 unspecified atom stereocenters. The van der Waals surface area contributed by atoms with Crippen molar-refractivity contribution >= 4 is 57.6 Å². The summed E-state index contributed by atoms with van der Waals surface area (Å²) in [7, 11) is 0. The first kappa shape index (κ1) is 23.6. The Hall–Kier alpha value is -3.12. The second-order valence-electron chi connectivity index (χ2n) is 7.94. The number of hydrogen-bond donors (Lipinski definition) is 4. The van der Waals surface area contributed by atoms with Gasteiger partial charge < -0.3 is 20.4 Å². The predicted molar refractivity (Wildman–Crippen MR) is 153 cm³/mol. The van der Waals surface area contributed by atoms with E-state index in [1.54, 1.807) is 24.3 Å². The van der Waals surface area contributed by atoms with E-state index in [1.165, 1.54) is 24.6 Å². The predicted octanol–water partition coefficient (Wildman–Crippen LogP) is 6.14. The van der Waals surface area contributed by atoms with Crippen LogP contribution in [0.4, 0.5) is 0 Å². The van der Waals surface area contributed by atoms with Crippen LogP contribution in [0.5, 0.6) is 23.0 Å². The molecule has 0 aromatic heterocycles. The minimum atomic E-state index is -1.23. The molecule has 1 aliphatic carbocycles. The fraction of sp³-hybridized carbons (Fsp3) is 0.0370. The number of phenolic OH excluding ortho intramolecular Hbond substituents is 4. The Morgan fingerprint density at radius 1 is 0.571 bits per heavy atom. The van der Waals surface area contributed by atoms with Crippen LogP contribution in [0.25, 0.3) is 11.1 Å². The Morgan fingerprint density at radius 3 is 1.40 bits per heavy atom. The van der Waals surface area contributed by atoms with Crippen molar-refractivity contribution in [3.63, 3.8) is 0 Å². The van der Waals surface area contributed by atoms with Gasteiger partial charge in [0.2, 0.25) is 5.66 Å². The fourth-order valence-electron chi connectivity index (χ4n) is 4.23. The topological polar surface area (TPSA) is 106 Å². The summed E-state index contributed by atoms with van der Waals surface area (Å²) in [5.74, 6) is -1.03. The SMILES string of the molecule is Oc1cccc(C=NC2(N=Cc3cccc(O)c3O)c3cccc(I)c3-c3c(I)cccc32)c1O. The Bertz CT molecular complexity index is 1420. The van der Waals surface area contributed by atoms with Crippen molar-refractivity contribution in [3.05, 3.63) is 102 Å². The van der Waals surface area contributed by atoms with E-state index in [0.29, 0.717) is 11.1 Å². The van der Waals surface area contributed by atoms with Gasteiger partial charge in [0, 0.05) is 53.0 Å². The van der Waals surface area contributed by atoms with Gasteiger partial charge in [0.25, 0.3) is 0 Å². The van der Waals surface area contributed by atoms with Crippen LogP contribution in [0.15, 0.2) is 82.8 Å². The maximum Gasteiger partial charge on any atom is 0.202 e. The summed E-state index contributed by atoms with van der Waals surface area (Å²) in [6, 6.07) is 21.2. The zero-order valence-corrected chi connectivity index (χ0v) is 22.3. The van der Waals surface area contributed by atoms with E-state index in [4.69, 9.17) is 9.98 Å². The second-order valence-corrected chi connectivity index (χ2v) is 10.3. The minimum Gasteiger partial charge on any atom is -0.504 e. The smallest absolute Gasteiger partial charge is 0.202 e. The van der Waals surface area contributed by atoms with Gasteiger partial charge in [0.1, 0.15) is 0 Å². The van der Waals surface area contributed by atoms with E-state index in [9.17, 15) is 20.4 Å². The Kier molecular flexibility index (Phi) is 6.18. The number of rotatable bonds is 4. The standard InChI is InChI=1S/C27H18I2N2O4/c28-19-9-3-7-17-23(19)24-18(8-4-10-20(24)29)27(17,30-13-15-5-1-11-21(32)25(15)34)31-14-16-6-2-12-22(33)26(16)35/h1-14,32-35H. The number of benzene rings is 4. The number of halogens is 2. The Morgan fingerprint density at radius 2 is 0.971 bits per heavy atom. The lowest BCUT2D eigenvalue weighted by Gasteiger charge is -2.23. The van der Waals surface area contributed by atoms with Crippen LogP contribution in [0.2, 0.25) is 0 Å². The summed E-state index contributed by atoms with van der Waals surface area (Å²) >= 11 is 4.60. The third-order valence-corrected chi connectivity index (χ3v) is 7.70. The molecular formula is C27H18I2N2O4. The summed E-state index contributed by atoms with van der Waals surface area (Å²) in [6.07, 6.45) is 2.99. The molecule has 0 atom stereocenters. The largest absolute Gasteiger partial charge is 0.504 e. The van der Waals surface area contributed by atoms with Crippen molar-refractivity contribution in [1.29, 1.82) is 0 Å². The van der Waals surface area contributed by atoms with E-state index in [2.05, 4.69) is 45.2 Å². The molecule has 0 saturated carbocycles. The van der Waals surface area contributed by atoms with Crippen LogP contribution in [-0.2, 0) is 5.66 Å². The van der Waals surface area contributed by atoms with Crippen molar-refractivity contribution in [2.75, 3.05) is 0 Å². The number of aromatic hydroxyl groups is 4. The molecule has 0 amide bonds. The van der Waals surface area contributed by atoms with Gasteiger partial charge in [-0.15, -0.1) is 0 Å². The van der Waals surface area contributed by atoms with Gasteiger partial charge >= 0.3 is 0 Å². The number of nitrogens with zero attached hydrogens (tertiary/aromatic N) is 2. The second kappa shape index (κ2) is 9.15. The summed E-state index contributed by atoms with van der Waals surface area (Å²) in [4.78, 5) is 9.83. The molecule has 8 heteroatoms. The van der Waals surface area contributed by atoms with Crippen molar-refractivity contribution in [3.8, 4) is 34.1 Å². The van der Waals surface area contributed by atoms with Gasteiger partial charge in [0.05, 0.1) is 0 Å². The molecule has 0 spiro atoms. The van der Waals surface area contributed by atoms with E-state index in [0.717, 1.165) is 29.4 Å². The van der Waals surface area contributed by atoms with Crippen molar-refractivity contribution in [2.45, 2.75) is 5.66 Å². The third-order valence-electron chi connectivity index (χ3n) is 5.90. The van der Waals surface area contributed by atoms with E-state index in [1.807, 2.05) is 36.4 Å². The highest BCUT2D eigenvalue weighted by atomic mass is 127. The molecule has 4 aromatic rings. The number of hydrogen-bond acceptors (Lipinski definition) is 6. The molecule has 0 aliphatic heterocycles. The molecule has 0 bridgehead atoms. The molecule has 174 valence electrons. The first-order valence-electron chi connectivity index (χ1n) is 10.5. The lowest BCUT2D eigenvalue weighted by Crippen LogP contribution is -2.21. The molecule has 1 aliphatic rings. The number of para-hydroxylation sites is 2. The zero-order chi connectivity index (χ0) is 24.7. The molecule has 35 heavy (non-hydrogen) atoms. The third kappa shape index (κ3) is 3.94. The van der Waals surface area contributed by atoms with Crippen LogP contribution < -0.4 is 0 Å². The summed E-state index contributed by atoms with van der Waals surface area (Å²) in [5.41, 5.74) is 3.16. The Balaban J connectivity index is 1.80. The van der Waals surface area contributed by atoms with Crippen LogP contribution >= 0.6 is 45.2 Å². The van der Waals surface area contributed by atoms with Crippen LogP contribution in [0.1, 0.15) is 22.3 Å². The van der Waals surface area contributed by atoms with E-state index < -0.39 is 5.66 Å². The summed E-state index contributed by atoms with van der Waals surface area (Å²) in [5, 5.41) is 40.6. The van der Waals surface area contributed by atoms with Crippen LogP contribution in [0, 0.1) is 7.14 Å². The molecule has 6 nitrogen and oxygen atoms in total. The first-order chi connectivity index (χ1) is 16.8.